The lowest BCUT2D eigenvalue weighted by atomic mass is 10.1. The van der Waals surface area contributed by atoms with Crippen molar-refractivity contribution < 1.29 is 4.74 Å². The largest absolute Gasteiger partial charge is 0.384 e. The molecule has 1 aliphatic heterocycles. The van der Waals surface area contributed by atoms with Gasteiger partial charge in [0.05, 0.1) is 13.2 Å². The van der Waals surface area contributed by atoms with Gasteiger partial charge in [0.15, 0.2) is 0 Å². The van der Waals surface area contributed by atoms with Gasteiger partial charge in [-0.1, -0.05) is 15.9 Å². The van der Waals surface area contributed by atoms with E-state index in [-0.39, 0.29) is 5.84 Å². The number of ether oxygens (including phenoxy) is 1. The molecule has 0 amide bonds. The summed E-state index contributed by atoms with van der Waals surface area (Å²) in [6, 6.07) is 5.78. The average molecular weight is 284 g/mol. The van der Waals surface area contributed by atoms with Crippen LogP contribution in [0.4, 0.5) is 5.69 Å². The third kappa shape index (κ3) is 2.36. The molecule has 1 fully saturated rings. The molecule has 1 aromatic carbocycles. The van der Waals surface area contributed by atoms with Crippen LogP contribution in [0, 0.1) is 5.41 Å². The predicted molar refractivity (Wildman–Crippen MR) is 68.2 cm³/mol. The smallest absolute Gasteiger partial charge is 0.124 e. The van der Waals surface area contributed by atoms with Crippen LogP contribution in [0.2, 0.25) is 0 Å². The van der Waals surface area contributed by atoms with Crippen molar-refractivity contribution in [2.24, 2.45) is 5.73 Å². The van der Waals surface area contributed by atoms with Crippen molar-refractivity contribution in [3.05, 3.63) is 28.2 Å². The van der Waals surface area contributed by atoms with Gasteiger partial charge in [0.2, 0.25) is 0 Å². The molecule has 0 unspecified atom stereocenters. The second kappa shape index (κ2) is 4.84. The van der Waals surface area contributed by atoms with Gasteiger partial charge in [0.25, 0.3) is 0 Å². The number of nitrogen functional groups attached to an aromatic ring is 1. The molecule has 1 aromatic rings. The molecule has 1 saturated heterocycles. The van der Waals surface area contributed by atoms with E-state index in [1.54, 1.807) is 0 Å². The maximum absolute atomic E-state index is 7.57. The SMILES string of the molecule is N=C(N)c1ccc(Br)cc1N1CCOCC1. The first kappa shape index (κ1) is 11.4. The third-order valence-corrected chi connectivity index (χ3v) is 3.09. The molecule has 0 saturated carbocycles. The Morgan fingerprint density at radius 2 is 2.06 bits per heavy atom. The Balaban J connectivity index is 2.36. The van der Waals surface area contributed by atoms with Gasteiger partial charge in [-0.05, 0) is 18.2 Å². The zero-order valence-corrected chi connectivity index (χ0v) is 10.5. The van der Waals surface area contributed by atoms with Crippen molar-refractivity contribution in [2.45, 2.75) is 0 Å². The average Bonchev–Trinajstić information content (AvgIpc) is 2.29. The normalized spacial score (nSPS) is 16.2. The summed E-state index contributed by atoms with van der Waals surface area (Å²) in [7, 11) is 0. The molecule has 16 heavy (non-hydrogen) atoms. The Labute approximate surface area is 103 Å². The van der Waals surface area contributed by atoms with E-state index in [0.717, 1.165) is 42.0 Å². The lowest BCUT2D eigenvalue weighted by Crippen LogP contribution is -2.37. The maximum Gasteiger partial charge on any atom is 0.124 e. The fourth-order valence-corrected chi connectivity index (χ4v) is 2.15. The summed E-state index contributed by atoms with van der Waals surface area (Å²) in [5.74, 6) is 0.106. The minimum Gasteiger partial charge on any atom is -0.384 e. The van der Waals surface area contributed by atoms with Gasteiger partial charge in [0, 0.05) is 28.8 Å². The Morgan fingerprint density at radius 3 is 2.69 bits per heavy atom. The summed E-state index contributed by atoms with van der Waals surface area (Å²) < 4.78 is 6.31. The number of hydrogen-bond donors (Lipinski definition) is 2. The number of amidine groups is 1. The van der Waals surface area contributed by atoms with Crippen LogP contribution in [0.1, 0.15) is 5.56 Å². The van der Waals surface area contributed by atoms with Crippen LogP contribution in [-0.2, 0) is 4.74 Å². The first-order chi connectivity index (χ1) is 7.68. The molecule has 1 aliphatic rings. The zero-order valence-electron chi connectivity index (χ0n) is 8.87. The summed E-state index contributed by atoms with van der Waals surface area (Å²) in [5, 5.41) is 7.57. The molecule has 0 spiro atoms. The molecule has 0 atom stereocenters. The summed E-state index contributed by atoms with van der Waals surface area (Å²) in [6.07, 6.45) is 0. The highest BCUT2D eigenvalue weighted by Crippen LogP contribution is 2.25. The van der Waals surface area contributed by atoms with Crippen molar-refractivity contribution in [1.29, 1.82) is 5.41 Å². The first-order valence-corrected chi connectivity index (χ1v) is 5.94. The summed E-state index contributed by atoms with van der Waals surface area (Å²) >= 11 is 3.44. The highest BCUT2D eigenvalue weighted by molar-refractivity contribution is 9.10. The third-order valence-electron chi connectivity index (χ3n) is 2.60. The van der Waals surface area contributed by atoms with Crippen LogP contribution >= 0.6 is 15.9 Å². The van der Waals surface area contributed by atoms with Gasteiger partial charge in [-0.2, -0.15) is 0 Å². The minimum atomic E-state index is 0.106. The van der Waals surface area contributed by atoms with Gasteiger partial charge in [0.1, 0.15) is 5.84 Å². The predicted octanol–water partition coefficient (Wildman–Crippen LogP) is 1.57. The van der Waals surface area contributed by atoms with Crippen LogP contribution in [0.25, 0.3) is 0 Å². The highest BCUT2D eigenvalue weighted by atomic mass is 79.9. The molecule has 0 bridgehead atoms. The second-order valence-corrected chi connectivity index (χ2v) is 4.59. The molecule has 4 nitrogen and oxygen atoms in total. The summed E-state index contributed by atoms with van der Waals surface area (Å²) in [6.45, 7) is 3.14. The molecular weight excluding hydrogens is 270 g/mol. The van der Waals surface area contributed by atoms with E-state index < -0.39 is 0 Å². The van der Waals surface area contributed by atoms with Crippen LogP contribution in [0.15, 0.2) is 22.7 Å². The van der Waals surface area contributed by atoms with Crippen LogP contribution < -0.4 is 10.6 Å². The lowest BCUT2D eigenvalue weighted by molar-refractivity contribution is 0.122. The Hall–Kier alpha value is -1.07. The number of morpholine rings is 1. The van der Waals surface area contributed by atoms with E-state index in [0.29, 0.717) is 0 Å². The lowest BCUT2D eigenvalue weighted by Gasteiger charge is -2.30. The van der Waals surface area contributed by atoms with Crippen molar-refractivity contribution in [1.82, 2.24) is 0 Å². The van der Waals surface area contributed by atoms with Crippen LogP contribution in [0.3, 0.4) is 0 Å². The Morgan fingerprint density at radius 1 is 1.38 bits per heavy atom. The quantitative estimate of drug-likeness (QED) is 0.640. The molecule has 0 aromatic heterocycles. The van der Waals surface area contributed by atoms with Crippen molar-refractivity contribution in [2.75, 3.05) is 31.2 Å². The second-order valence-electron chi connectivity index (χ2n) is 3.67. The molecule has 1 heterocycles. The van der Waals surface area contributed by atoms with Crippen molar-refractivity contribution in [3.8, 4) is 0 Å². The van der Waals surface area contributed by atoms with Crippen molar-refractivity contribution >= 4 is 27.5 Å². The maximum atomic E-state index is 7.57. The van der Waals surface area contributed by atoms with E-state index in [1.807, 2.05) is 18.2 Å². The van der Waals surface area contributed by atoms with Crippen LogP contribution in [0.5, 0.6) is 0 Å². The highest BCUT2D eigenvalue weighted by Gasteiger charge is 2.16. The number of halogens is 1. The van der Waals surface area contributed by atoms with Gasteiger partial charge in [-0.25, -0.2) is 0 Å². The number of nitrogens with two attached hydrogens (primary N) is 1. The molecule has 5 heteroatoms. The molecule has 2 rings (SSSR count). The number of benzene rings is 1. The Bertz CT molecular complexity index is 402. The molecular formula is C11H14BrN3O. The van der Waals surface area contributed by atoms with Gasteiger partial charge < -0.3 is 15.4 Å². The molecule has 3 N–H and O–H groups in total. The number of nitrogens with zero attached hydrogens (tertiary/aromatic N) is 1. The summed E-state index contributed by atoms with van der Waals surface area (Å²) in [5.41, 5.74) is 7.37. The minimum absolute atomic E-state index is 0.106. The van der Waals surface area contributed by atoms with Crippen LogP contribution in [-0.4, -0.2) is 32.1 Å². The van der Waals surface area contributed by atoms with Crippen molar-refractivity contribution in [3.63, 3.8) is 0 Å². The number of rotatable bonds is 2. The van der Waals surface area contributed by atoms with E-state index >= 15 is 0 Å². The van der Waals surface area contributed by atoms with E-state index in [1.165, 1.54) is 0 Å². The monoisotopic (exact) mass is 283 g/mol. The number of hydrogen-bond acceptors (Lipinski definition) is 3. The zero-order chi connectivity index (χ0) is 11.5. The van der Waals surface area contributed by atoms with Gasteiger partial charge in [-0.3, -0.25) is 5.41 Å². The molecule has 0 radical (unpaired) electrons. The fourth-order valence-electron chi connectivity index (χ4n) is 1.80. The number of anilines is 1. The number of nitrogens with one attached hydrogen (secondary N) is 1. The first-order valence-electron chi connectivity index (χ1n) is 5.15. The van der Waals surface area contributed by atoms with Gasteiger partial charge >= 0.3 is 0 Å². The standard InChI is InChI=1S/C11H14BrN3O/c12-8-1-2-9(11(13)14)10(7-8)15-3-5-16-6-4-15/h1-2,7H,3-6H2,(H3,13,14). The van der Waals surface area contributed by atoms with Gasteiger partial charge in [-0.15, -0.1) is 0 Å². The molecule has 0 aliphatic carbocycles. The van der Waals surface area contributed by atoms with E-state index in [2.05, 4.69) is 20.8 Å². The van der Waals surface area contributed by atoms with E-state index in [4.69, 9.17) is 15.9 Å². The Kier molecular flexibility index (Phi) is 3.46. The summed E-state index contributed by atoms with van der Waals surface area (Å²) in [4.78, 5) is 2.20. The topological polar surface area (TPSA) is 62.3 Å². The fraction of sp³-hybridized carbons (Fsp3) is 0.364. The van der Waals surface area contributed by atoms with E-state index in [9.17, 15) is 0 Å². The molecule has 86 valence electrons.